The van der Waals surface area contributed by atoms with Crippen molar-refractivity contribution in [3.63, 3.8) is 0 Å². The Bertz CT molecular complexity index is 457. The Hall–Kier alpha value is -0.280. The minimum atomic E-state index is 0. The third-order valence-corrected chi connectivity index (χ3v) is 4.92. The van der Waals surface area contributed by atoms with E-state index in [4.69, 9.17) is 0 Å². The Morgan fingerprint density at radius 1 is 1.05 bits per heavy atom. The first-order chi connectivity index (χ1) is 9.65. The highest BCUT2D eigenvalue weighted by Gasteiger charge is 2.31. The van der Waals surface area contributed by atoms with Crippen molar-refractivity contribution in [3.05, 3.63) is 34.4 Å². The van der Waals surface area contributed by atoms with Gasteiger partial charge in [0.1, 0.15) is 0 Å². The van der Waals surface area contributed by atoms with E-state index in [0.717, 1.165) is 19.0 Å². The fraction of sp³-hybridized carbons (Fsp3) is 0.667. The zero-order valence-corrected chi connectivity index (χ0v) is 15.7. The highest BCUT2D eigenvalue weighted by Crippen LogP contribution is 2.41. The molecular weight excluding hydrogens is 315 g/mol. The molecule has 1 atom stereocenters. The second-order valence-corrected chi connectivity index (χ2v) is 6.79. The third-order valence-electron chi connectivity index (χ3n) is 4.92. The van der Waals surface area contributed by atoms with Crippen LogP contribution in [-0.4, -0.2) is 31.1 Å². The fourth-order valence-electron chi connectivity index (χ4n) is 3.83. The van der Waals surface area contributed by atoms with Gasteiger partial charge in [0.05, 0.1) is 0 Å². The third kappa shape index (κ3) is 4.61. The smallest absolute Gasteiger partial charge is 0.0357 e. The van der Waals surface area contributed by atoms with Gasteiger partial charge in [-0.1, -0.05) is 30.5 Å². The van der Waals surface area contributed by atoms with Gasteiger partial charge in [-0.25, -0.2) is 0 Å². The van der Waals surface area contributed by atoms with Crippen LogP contribution < -0.4 is 5.32 Å². The lowest BCUT2D eigenvalue weighted by molar-refractivity contribution is 0.159. The molecule has 0 aromatic heterocycles. The number of nitrogens with zero attached hydrogens (tertiary/aromatic N) is 1. The number of nitrogens with one attached hydrogen (secondary N) is 1. The van der Waals surface area contributed by atoms with Gasteiger partial charge in [0.15, 0.2) is 0 Å². The van der Waals surface area contributed by atoms with Crippen molar-refractivity contribution in [1.82, 2.24) is 10.2 Å². The predicted octanol–water partition coefficient (Wildman–Crippen LogP) is 4.20. The molecule has 1 heterocycles. The van der Waals surface area contributed by atoms with Crippen molar-refractivity contribution in [2.24, 2.45) is 5.92 Å². The molecule has 0 spiro atoms. The van der Waals surface area contributed by atoms with E-state index in [0.29, 0.717) is 6.04 Å². The molecule has 1 aromatic rings. The molecule has 1 saturated heterocycles. The first kappa shape index (κ1) is 19.8. The zero-order chi connectivity index (χ0) is 14.1. The van der Waals surface area contributed by atoms with Crippen molar-refractivity contribution in [1.29, 1.82) is 0 Å². The average molecular weight is 345 g/mol. The number of piperazine rings is 1. The van der Waals surface area contributed by atoms with E-state index in [9.17, 15) is 0 Å². The van der Waals surface area contributed by atoms with Gasteiger partial charge in [0, 0.05) is 32.2 Å². The molecule has 1 saturated carbocycles. The number of rotatable bonds is 4. The molecule has 1 aromatic carbocycles. The summed E-state index contributed by atoms with van der Waals surface area (Å²) in [5.74, 6) is 0.981. The van der Waals surface area contributed by atoms with E-state index in [1.807, 2.05) is 0 Å². The van der Waals surface area contributed by atoms with Crippen LogP contribution in [0.5, 0.6) is 0 Å². The Balaban J connectivity index is 0.00000121. The van der Waals surface area contributed by atoms with Crippen molar-refractivity contribution < 1.29 is 0 Å². The molecule has 0 unspecified atom stereocenters. The number of hydrogen-bond donors (Lipinski definition) is 1. The van der Waals surface area contributed by atoms with Gasteiger partial charge in [0.25, 0.3) is 0 Å². The quantitative estimate of drug-likeness (QED) is 0.880. The number of aryl methyl sites for hydroxylation is 3. The van der Waals surface area contributed by atoms with Gasteiger partial charge in [-0.3, -0.25) is 4.90 Å². The summed E-state index contributed by atoms with van der Waals surface area (Å²) in [6.45, 7) is 11.5. The van der Waals surface area contributed by atoms with Crippen LogP contribution in [0, 0.1) is 26.7 Å². The Morgan fingerprint density at radius 2 is 1.59 bits per heavy atom. The lowest BCUT2D eigenvalue weighted by atomic mass is 9.90. The zero-order valence-electron chi connectivity index (χ0n) is 14.0. The summed E-state index contributed by atoms with van der Waals surface area (Å²) in [5, 5.41) is 3.49. The van der Waals surface area contributed by atoms with Crippen LogP contribution in [-0.2, 0) is 0 Å². The first-order valence-corrected chi connectivity index (χ1v) is 8.17. The standard InChI is InChI=1S/C18H28N2.2ClH/c1-13-10-14(2)18(15(3)11-13)17(12-16-4-5-16)20-8-6-19-7-9-20;;/h10-11,16-17,19H,4-9,12H2,1-3H3;2*1H/t17-;;/m0../s1. The van der Waals surface area contributed by atoms with Crippen LogP contribution in [0.2, 0.25) is 0 Å². The molecule has 2 aliphatic rings. The number of hydrogen-bond acceptors (Lipinski definition) is 2. The van der Waals surface area contributed by atoms with Crippen molar-refractivity contribution in [2.75, 3.05) is 26.2 Å². The number of halogens is 2. The Labute approximate surface area is 147 Å². The van der Waals surface area contributed by atoms with E-state index < -0.39 is 0 Å². The minimum Gasteiger partial charge on any atom is -0.314 e. The van der Waals surface area contributed by atoms with Gasteiger partial charge in [-0.15, -0.1) is 24.8 Å². The van der Waals surface area contributed by atoms with Gasteiger partial charge < -0.3 is 5.32 Å². The molecule has 4 heteroatoms. The maximum atomic E-state index is 3.49. The minimum absolute atomic E-state index is 0. The van der Waals surface area contributed by atoms with E-state index >= 15 is 0 Å². The molecule has 0 amide bonds. The van der Waals surface area contributed by atoms with Crippen LogP contribution in [0.1, 0.15) is 47.6 Å². The molecule has 1 aliphatic heterocycles. The molecule has 2 fully saturated rings. The summed E-state index contributed by atoms with van der Waals surface area (Å²) < 4.78 is 0. The Morgan fingerprint density at radius 3 is 2.09 bits per heavy atom. The van der Waals surface area contributed by atoms with E-state index in [2.05, 4.69) is 43.1 Å². The molecule has 0 radical (unpaired) electrons. The van der Waals surface area contributed by atoms with Crippen molar-refractivity contribution >= 4 is 24.8 Å². The fourth-order valence-corrected chi connectivity index (χ4v) is 3.83. The summed E-state index contributed by atoms with van der Waals surface area (Å²) >= 11 is 0. The van der Waals surface area contributed by atoms with Crippen LogP contribution in [0.3, 0.4) is 0 Å². The summed E-state index contributed by atoms with van der Waals surface area (Å²) in [4.78, 5) is 2.72. The summed E-state index contributed by atoms with van der Waals surface area (Å²) in [6.07, 6.45) is 4.27. The van der Waals surface area contributed by atoms with Crippen LogP contribution in [0.15, 0.2) is 12.1 Å². The van der Waals surface area contributed by atoms with Crippen LogP contribution in [0.25, 0.3) is 0 Å². The summed E-state index contributed by atoms with van der Waals surface area (Å²) in [7, 11) is 0. The highest BCUT2D eigenvalue weighted by molar-refractivity contribution is 5.85. The van der Waals surface area contributed by atoms with E-state index in [-0.39, 0.29) is 24.8 Å². The van der Waals surface area contributed by atoms with E-state index in [1.54, 1.807) is 5.56 Å². The lowest BCUT2D eigenvalue weighted by Gasteiger charge is -2.37. The largest absolute Gasteiger partial charge is 0.314 e. The molecule has 2 nitrogen and oxygen atoms in total. The van der Waals surface area contributed by atoms with Crippen LogP contribution >= 0.6 is 24.8 Å². The summed E-state index contributed by atoms with van der Waals surface area (Å²) in [5.41, 5.74) is 6.00. The topological polar surface area (TPSA) is 15.3 Å². The second kappa shape index (κ2) is 8.54. The molecule has 1 N–H and O–H groups in total. The Kier molecular flexibility index (Phi) is 7.67. The SMILES string of the molecule is Cc1cc(C)c([C@H](CC2CC2)N2CCNCC2)c(C)c1.Cl.Cl. The maximum absolute atomic E-state index is 3.49. The van der Waals surface area contributed by atoms with Gasteiger partial charge in [0.2, 0.25) is 0 Å². The molecule has 126 valence electrons. The first-order valence-electron chi connectivity index (χ1n) is 8.17. The second-order valence-electron chi connectivity index (χ2n) is 6.79. The highest BCUT2D eigenvalue weighted by atomic mass is 35.5. The predicted molar refractivity (Wildman–Crippen MR) is 99.7 cm³/mol. The van der Waals surface area contributed by atoms with Gasteiger partial charge in [-0.2, -0.15) is 0 Å². The normalized spacial score (nSPS) is 20.0. The van der Waals surface area contributed by atoms with Crippen molar-refractivity contribution in [3.8, 4) is 0 Å². The van der Waals surface area contributed by atoms with Gasteiger partial charge >= 0.3 is 0 Å². The molecule has 1 aliphatic carbocycles. The molecule has 3 rings (SSSR count). The lowest BCUT2D eigenvalue weighted by Crippen LogP contribution is -2.45. The van der Waals surface area contributed by atoms with E-state index in [1.165, 1.54) is 49.0 Å². The summed E-state index contributed by atoms with van der Waals surface area (Å²) in [6, 6.07) is 5.37. The molecule has 0 bridgehead atoms. The number of benzene rings is 1. The van der Waals surface area contributed by atoms with Crippen molar-refractivity contribution in [2.45, 2.75) is 46.1 Å². The average Bonchev–Trinajstić information content (AvgIpc) is 3.21. The monoisotopic (exact) mass is 344 g/mol. The van der Waals surface area contributed by atoms with Crippen LogP contribution in [0.4, 0.5) is 0 Å². The molecular formula is C18H30Cl2N2. The maximum Gasteiger partial charge on any atom is 0.0357 e. The molecule has 22 heavy (non-hydrogen) atoms. The van der Waals surface area contributed by atoms with Gasteiger partial charge in [-0.05, 0) is 49.8 Å².